The lowest BCUT2D eigenvalue weighted by molar-refractivity contribution is 0.253. The van der Waals surface area contributed by atoms with Crippen LogP contribution in [-0.2, 0) is 0 Å². The maximum Gasteiger partial charge on any atom is 0.111 e. The van der Waals surface area contributed by atoms with Gasteiger partial charge in [-0.1, -0.05) is 32.1 Å². The van der Waals surface area contributed by atoms with Gasteiger partial charge in [0.05, 0.1) is 0 Å². The molecule has 1 atom stereocenters. The second-order valence-corrected chi connectivity index (χ2v) is 2.81. The zero-order valence-electron chi connectivity index (χ0n) is 7.56. The van der Waals surface area contributed by atoms with Gasteiger partial charge in [0.15, 0.2) is 0 Å². The van der Waals surface area contributed by atoms with Crippen LogP contribution in [0.25, 0.3) is 0 Å². The summed E-state index contributed by atoms with van der Waals surface area (Å²) >= 11 is 0. The predicted octanol–water partition coefficient (Wildman–Crippen LogP) is 2.34. The Balaban J connectivity index is 3.09. The molecular formula is C10H18O. The van der Waals surface area contributed by atoms with E-state index in [9.17, 15) is 0 Å². The van der Waals surface area contributed by atoms with E-state index in [1.807, 2.05) is 0 Å². The summed E-state index contributed by atoms with van der Waals surface area (Å²) in [7, 11) is 0. The first-order chi connectivity index (χ1) is 5.27. The third-order valence-electron chi connectivity index (χ3n) is 1.47. The van der Waals surface area contributed by atoms with Crippen molar-refractivity contribution in [3.63, 3.8) is 0 Å². The van der Waals surface area contributed by atoms with E-state index >= 15 is 0 Å². The Hall–Kier alpha value is -0.480. The Morgan fingerprint density at radius 2 is 2.00 bits per heavy atom. The van der Waals surface area contributed by atoms with Gasteiger partial charge >= 0.3 is 0 Å². The molecule has 0 aliphatic carbocycles. The van der Waals surface area contributed by atoms with Crippen molar-refractivity contribution in [1.29, 1.82) is 0 Å². The van der Waals surface area contributed by atoms with Crippen molar-refractivity contribution in [2.75, 3.05) is 0 Å². The molecule has 1 heteroatoms. The highest BCUT2D eigenvalue weighted by atomic mass is 16.3. The maximum atomic E-state index is 8.78. The molecule has 0 heterocycles. The van der Waals surface area contributed by atoms with Crippen LogP contribution in [0.15, 0.2) is 0 Å². The van der Waals surface area contributed by atoms with E-state index < -0.39 is 6.10 Å². The van der Waals surface area contributed by atoms with E-state index in [0.29, 0.717) is 0 Å². The monoisotopic (exact) mass is 154 g/mol. The fourth-order valence-corrected chi connectivity index (χ4v) is 0.860. The normalized spacial score (nSPS) is 11.9. The quantitative estimate of drug-likeness (QED) is 0.487. The predicted molar refractivity (Wildman–Crippen MR) is 48.2 cm³/mol. The van der Waals surface area contributed by atoms with Crippen LogP contribution < -0.4 is 0 Å². The summed E-state index contributed by atoms with van der Waals surface area (Å²) < 4.78 is 0. The smallest absolute Gasteiger partial charge is 0.111 e. The van der Waals surface area contributed by atoms with Crippen LogP contribution in [0.4, 0.5) is 0 Å². The van der Waals surface area contributed by atoms with E-state index in [-0.39, 0.29) is 0 Å². The van der Waals surface area contributed by atoms with Crippen molar-refractivity contribution in [3.8, 4) is 11.8 Å². The van der Waals surface area contributed by atoms with Crippen molar-refractivity contribution in [2.45, 2.75) is 52.1 Å². The third kappa shape index (κ3) is 9.52. The highest BCUT2D eigenvalue weighted by Crippen LogP contribution is 2.00. The van der Waals surface area contributed by atoms with Gasteiger partial charge in [-0.2, -0.15) is 0 Å². The van der Waals surface area contributed by atoms with E-state index in [1.165, 1.54) is 25.7 Å². The second kappa shape index (κ2) is 7.63. The number of hydrogen-bond donors (Lipinski definition) is 1. The van der Waals surface area contributed by atoms with Gasteiger partial charge in [0.1, 0.15) is 6.10 Å². The number of aliphatic hydroxyl groups is 1. The Bertz CT molecular complexity index is 128. The molecule has 0 saturated heterocycles. The van der Waals surface area contributed by atoms with Gasteiger partial charge in [0.25, 0.3) is 0 Å². The average Bonchev–Trinajstić information content (AvgIpc) is 1.96. The molecule has 0 fully saturated rings. The van der Waals surface area contributed by atoms with Crippen molar-refractivity contribution in [2.24, 2.45) is 0 Å². The summed E-state index contributed by atoms with van der Waals surface area (Å²) in [6, 6.07) is 0. The lowest BCUT2D eigenvalue weighted by Gasteiger charge is -1.92. The van der Waals surface area contributed by atoms with E-state index in [1.54, 1.807) is 6.92 Å². The summed E-state index contributed by atoms with van der Waals surface area (Å²) in [5, 5.41) is 8.78. The molecule has 0 amide bonds. The van der Waals surface area contributed by atoms with Crippen LogP contribution in [0.3, 0.4) is 0 Å². The first kappa shape index (κ1) is 10.5. The SMILES string of the molecule is CCCCCCC#CC(C)O. The van der Waals surface area contributed by atoms with Crippen LogP contribution in [0, 0.1) is 11.8 Å². The minimum absolute atomic E-state index is 0.457. The van der Waals surface area contributed by atoms with Gasteiger partial charge < -0.3 is 5.11 Å². The zero-order chi connectivity index (χ0) is 8.53. The number of rotatable bonds is 4. The van der Waals surface area contributed by atoms with Crippen molar-refractivity contribution >= 4 is 0 Å². The summed E-state index contributed by atoms with van der Waals surface area (Å²) in [6.07, 6.45) is 5.49. The highest BCUT2D eigenvalue weighted by molar-refractivity contribution is 5.02. The first-order valence-electron chi connectivity index (χ1n) is 4.43. The minimum Gasteiger partial charge on any atom is -0.381 e. The van der Waals surface area contributed by atoms with Gasteiger partial charge in [-0.05, 0) is 13.3 Å². The molecule has 0 aromatic rings. The van der Waals surface area contributed by atoms with Crippen LogP contribution >= 0.6 is 0 Å². The summed E-state index contributed by atoms with van der Waals surface area (Å²) in [5.74, 6) is 5.67. The molecule has 0 aliphatic heterocycles. The lowest BCUT2D eigenvalue weighted by atomic mass is 10.1. The van der Waals surface area contributed by atoms with Gasteiger partial charge in [-0.15, -0.1) is 5.92 Å². The van der Waals surface area contributed by atoms with E-state index in [4.69, 9.17) is 5.11 Å². The Kier molecular flexibility index (Phi) is 7.29. The summed E-state index contributed by atoms with van der Waals surface area (Å²) in [6.45, 7) is 3.89. The Morgan fingerprint density at radius 1 is 1.27 bits per heavy atom. The average molecular weight is 154 g/mol. The molecule has 0 aromatic heterocycles. The van der Waals surface area contributed by atoms with Gasteiger partial charge in [0.2, 0.25) is 0 Å². The molecule has 0 bridgehead atoms. The fraction of sp³-hybridized carbons (Fsp3) is 0.800. The number of unbranched alkanes of at least 4 members (excludes halogenated alkanes) is 4. The molecule has 0 spiro atoms. The first-order valence-corrected chi connectivity index (χ1v) is 4.43. The molecule has 0 aromatic carbocycles. The molecule has 1 unspecified atom stereocenters. The highest BCUT2D eigenvalue weighted by Gasteiger charge is 1.85. The minimum atomic E-state index is -0.457. The number of hydrogen-bond acceptors (Lipinski definition) is 1. The molecule has 11 heavy (non-hydrogen) atoms. The van der Waals surface area contributed by atoms with Crippen LogP contribution in [0.5, 0.6) is 0 Å². The van der Waals surface area contributed by atoms with Crippen molar-refractivity contribution in [1.82, 2.24) is 0 Å². The van der Waals surface area contributed by atoms with E-state index in [2.05, 4.69) is 18.8 Å². The maximum absolute atomic E-state index is 8.78. The molecule has 64 valence electrons. The molecule has 0 radical (unpaired) electrons. The topological polar surface area (TPSA) is 20.2 Å². The third-order valence-corrected chi connectivity index (χ3v) is 1.47. The second-order valence-electron chi connectivity index (χ2n) is 2.81. The van der Waals surface area contributed by atoms with Crippen molar-refractivity contribution < 1.29 is 5.11 Å². The Labute approximate surface area is 69.8 Å². The zero-order valence-corrected chi connectivity index (χ0v) is 7.56. The number of aliphatic hydroxyl groups excluding tert-OH is 1. The summed E-state index contributed by atoms with van der Waals surface area (Å²) in [5.41, 5.74) is 0. The van der Waals surface area contributed by atoms with Crippen LogP contribution in [0.1, 0.15) is 46.0 Å². The standard InChI is InChI=1S/C10H18O/c1-3-4-5-6-7-8-9-10(2)11/h10-11H,3-7H2,1-2H3. The van der Waals surface area contributed by atoms with Gasteiger partial charge in [-0.3, -0.25) is 0 Å². The molecule has 0 saturated carbocycles. The largest absolute Gasteiger partial charge is 0.381 e. The summed E-state index contributed by atoms with van der Waals surface area (Å²) in [4.78, 5) is 0. The molecule has 1 N–H and O–H groups in total. The van der Waals surface area contributed by atoms with Gasteiger partial charge in [-0.25, -0.2) is 0 Å². The lowest BCUT2D eigenvalue weighted by Crippen LogP contribution is -1.92. The molecular weight excluding hydrogens is 136 g/mol. The molecule has 0 aliphatic rings. The van der Waals surface area contributed by atoms with Gasteiger partial charge in [0, 0.05) is 6.42 Å². The molecule has 1 nitrogen and oxygen atoms in total. The van der Waals surface area contributed by atoms with Crippen LogP contribution in [-0.4, -0.2) is 11.2 Å². The van der Waals surface area contributed by atoms with Crippen molar-refractivity contribution in [3.05, 3.63) is 0 Å². The van der Waals surface area contributed by atoms with E-state index in [0.717, 1.165) is 6.42 Å². The Morgan fingerprint density at radius 3 is 2.55 bits per heavy atom. The molecule has 0 rings (SSSR count). The fourth-order valence-electron chi connectivity index (χ4n) is 0.860. The van der Waals surface area contributed by atoms with Crippen LogP contribution in [0.2, 0.25) is 0 Å².